The predicted molar refractivity (Wildman–Crippen MR) is 99.7 cm³/mol. The summed E-state index contributed by atoms with van der Waals surface area (Å²) in [6.45, 7) is 3.26. The molecule has 3 aromatic rings. The van der Waals surface area contributed by atoms with Gasteiger partial charge >= 0.3 is 0 Å². The fourth-order valence-corrected chi connectivity index (χ4v) is 3.45. The second kappa shape index (κ2) is 6.67. The lowest BCUT2D eigenvalue weighted by molar-refractivity contribution is 0.0734. The molecule has 0 saturated carbocycles. The SMILES string of the molecule is COc1ccc2c(c1)CCN(C(=O)c1cnn(-c3ccccc3)c1C)C2. The van der Waals surface area contributed by atoms with E-state index in [1.54, 1.807) is 13.3 Å². The van der Waals surface area contributed by atoms with Gasteiger partial charge in [-0.2, -0.15) is 5.10 Å². The van der Waals surface area contributed by atoms with E-state index in [1.807, 2.05) is 59.0 Å². The van der Waals surface area contributed by atoms with Crippen molar-refractivity contribution in [3.63, 3.8) is 0 Å². The number of hydrogen-bond donors (Lipinski definition) is 0. The van der Waals surface area contributed by atoms with Crippen LogP contribution >= 0.6 is 0 Å². The summed E-state index contributed by atoms with van der Waals surface area (Å²) in [5, 5.41) is 4.42. The molecule has 4 rings (SSSR count). The third-order valence-electron chi connectivity index (χ3n) is 4.95. The molecule has 0 saturated heterocycles. The summed E-state index contributed by atoms with van der Waals surface area (Å²) in [6.07, 6.45) is 2.51. The summed E-state index contributed by atoms with van der Waals surface area (Å²) in [5.41, 5.74) is 4.91. The minimum Gasteiger partial charge on any atom is -0.497 e. The second-order valence-corrected chi connectivity index (χ2v) is 6.50. The van der Waals surface area contributed by atoms with Crippen molar-refractivity contribution < 1.29 is 9.53 Å². The summed E-state index contributed by atoms with van der Waals surface area (Å²) >= 11 is 0. The van der Waals surface area contributed by atoms with Gasteiger partial charge in [-0.15, -0.1) is 0 Å². The summed E-state index contributed by atoms with van der Waals surface area (Å²) < 4.78 is 7.11. The van der Waals surface area contributed by atoms with Gasteiger partial charge in [-0.3, -0.25) is 4.79 Å². The number of nitrogens with zero attached hydrogens (tertiary/aromatic N) is 3. The van der Waals surface area contributed by atoms with E-state index < -0.39 is 0 Å². The Balaban J connectivity index is 1.58. The molecule has 1 aliphatic rings. The van der Waals surface area contributed by atoms with Crippen LogP contribution in [0.1, 0.15) is 27.2 Å². The smallest absolute Gasteiger partial charge is 0.257 e. The molecule has 2 heterocycles. The Morgan fingerprint density at radius 1 is 1.12 bits per heavy atom. The number of benzene rings is 2. The van der Waals surface area contributed by atoms with Gasteiger partial charge < -0.3 is 9.64 Å². The number of ether oxygens (including phenoxy) is 1. The summed E-state index contributed by atoms with van der Waals surface area (Å²) in [6, 6.07) is 15.9. The maximum Gasteiger partial charge on any atom is 0.257 e. The first-order chi connectivity index (χ1) is 12.7. The van der Waals surface area contributed by atoms with Crippen LogP contribution in [-0.2, 0) is 13.0 Å². The summed E-state index contributed by atoms with van der Waals surface area (Å²) in [5.74, 6) is 0.898. The molecule has 0 N–H and O–H groups in total. The molecule has 1 aromatic heterocycles. The molecule has 0 aliphatic carbocycles. The number of carbonyl (C=O) groups is 1. The van der Waals surface area contributed by atoms with E-state index in [0.29, 0.717) is 18.7 Å². The summed E-state index contributed by atoms with van der Waals surface area (Å²) in [7, 11) is 1.67. The molecule has 26 heavy (non-hydrogen) atoms. The first-order valence-corrected chi connectivity index (χ1v) is 8.72. The molecule has 0 fully saturated rings. The van der Waals surface area contributed by atoms with Crippen LogP contribution < -0.4 is 4.74 Å². The second-order valence-electron chi connectivity index (χ2n) is 6.50. The van der Waals surface area contributed by atoms with Crippen LogP contribution in [0, 0.1) is 6.92 Å². The zero-order chi connectivity index (χ0) is 18.1. The first kappa shape index (κ1) is 16.4. The van der Waals surface area contributed by atoms with Gasteiger partial charge in [0.15, 0.2) is 0 Å². The molecule has 5 heteroatoms. The lowest BCUT2D eigenvalue weighted by atomic mass is 9.99. The molecule has 1 aliphatic heterocycles. The quantitative estimate of drug-likeness (QED) is 0.730. The van der Waals surface area contributed by atoms with Crippen LogP contribution in [0.5, 0.6) is 5.75 Å². The number of carbonyl (C=O) groups excluding carboxylic acids is 1. The van der Waals surface area contributed by atoms with Gasteiger partial charge in [0.2, 0.25) is 0 Å². The van der Waals surface area contributed by atoms with E-state index in [4.69, 9.17) is 4.74 Å². The molecule has 1 amide bonds. The standard InChI is InChI=1S/C21H21N3O2/c1-15-20(13-22-24(15)18-6-4-3-5-7-18)21(25)23-11-10-16-12-19(26-2)9-8-17(16)14-23/h3-9,12-13H,10-11,14H2,1-2H3. The molecule has 5 nitrogen and oxygen atoms in total. The van der Waals surface area contributed by atoms with Gasteiger partial charge in [0.1, 0.15) is 5.75 Å². The van der Waals surface area contributed by atoms with E-state index in [-0.39, 0.29) is 5.91 Å². The molecular formula is C21H21N3O2. The Kier molecular flexibility index (Phi) is 4.21. The van der Waals surface area contributed by atoms with Crippen molar-refractivity contribution in [2.24, 2.45) is 0 Å². The normalized spacial score (nSPS) is 13.4. The lowest BCUT2D eigenvalue weighted by Gasteiger charge is -2.29. The Hall–Kier alpha value is -3.08. The molecule has 0 spiro atoms. The lowest BCUT2D eigenvalue weighted by Crippen LogP contribution is -2.36. The molecule has 0 bridgehead atoms. The molecule has 0 radical (unpaired) electrons. The van der Waals surface area contributed by atoms with Gasteiger partial charge in [0.25, 0.3) is 5.91 Å². The number of methoxy groups -OCH3 is 1. The average Bonchev–Trinajstić information content (AvgIpc) is 3.08. The number of rotatable bonds is 3. The third-order valence-corrected chi connectivity index (χ3v) is 4.95. The highest BCUT2D eigenvalue weighted by Crippen LogP contribution is 2.25. The molecule has 0 unspecified atom stereocenters. The Morgan fingerprint density at radius 3 is 2.69 bits per heavy atom. The maximum atomic E-state index is 13.0. The van der Waals surface area contributed by atoms with Crippen molar-refractivity contribution in [1.29, 1.82) is 0 Å². The largest absolute Gasteiger partial charge is 0.497 e. The molecular weight excluding hydrogens is 326 g/mol. The fraction of sp³-hybridized carbons (Fsp3) is 0.238. The van der Waals surface area contributed by atoms with Crippen LogP contribution in [0.25, 0.3) is 5.69 Å². The van der Waals surface area contributed by atoms with Crippen molar-refractivity contribution in [3.8, 4) is 11.4 Å². The summed E-state index contributed by atoms with van der Waals surface area (Å²) in [4.78, 5) is 14.9. The minimum absolute atomic E-state index is 0.0335. The number of amides is 1. The fourth-order valence-electron chi connectivity index (χ4n) is 3.45. The van der Waals surface area contributed by atoms with Gasteiger partial charge in [0.05, 0.1) is 30.3 Å². The van der Waals surface area contributed by atoms with Crippen molar-refractivity contribution in [2.45, 2.75) is 19.9 Å². The van der Waals surface area contributed by atoms with Crippen LogP contribution in [0.3, 0.4) is 0 Å². The predicted octanol–water partition coefficient (Wildman–Crippen LogP) is 3.39. The highest BCUT2D eigenvalue weighted by molar-refractivity contribution is 5.95. The van der Waals surface area contributed by atoms with Crippen molar-refractivity contribution in [1.82, 2.24) is 14.7 Å². The van der Waals surface area contributed by atoms with E-state index in [9.17, 15) is 4.79 Å². The van der Waals surface area contributed by atoms with E-state index in [0.717, 1.165) is 23.6 Å². The highest BCUT2D eigenvalue weighted by atomic mass is 16.5. The monoisotopic (exact) mass is 347 g/mol. The van der Waals surface area contributed by atoms with Crippen molar-refractivity contribution >= 4 is 5.91 Å². The van der Waals surface area contributed by atoms with Crippen molar-refractivity contribution in [2.75, 3.05) is 13.7 Å². The van der Waals surface area contributed by atoms with Gasteiger partial charge in [-0.25, -0.2) is 4.68 Å². The van der Waals surface area contributed by atoms with Crippen LogP contribution in [-0.4, -0.2) is 34.2 Å². The molecule has 2 aromatic carbocycles. The van der Waals surface area contributed by atoms with E-state index >= 15 is 0 Å². The topological polar surface area (TPSA) is 47.4 Å². The van der Waals surface area contributed by atoms with Gasteiger partial charge in [-0.1, -0.05) is 24.3 Å². The van der Waals surface area contributed by atoms with Crippen LogP contribution in [0.15, 0.2) is 54.7 Å². The Morgan fingerprint density at radius 2 is 1.92 bits per heavy atom. The van der Waals surface area contributed by atoms with Crippen LogP contribution in [0.4, 0.5) is 0 Å². The molecule has 132 valence electrons. The number of aromatic nitrogens is 2. The van der Waals surface area contributed by atoms with Crippen molar-refractivity contribution in [3.05, 3.63) is 77.1 Å². The number of para-hydroxylation sites is 1. The number of hydrogen-bond acceptors (Lipinski definition) is 3. The van der Waals surface area contributed by atoms with E-state index in [2.05, 4.69) is 11.2 Å². The Bertz CT molecular complexity index is 947. The first-order valence-electron chi connectivity index (χ1n) is 8.72. The van der Waals surface area contributed by atoms with Gasteiger partial charge in [0, 0.05) is 13.1 Å². The van der Waals surface area contributed by atoms with Crippen LogP contribution in [0.2, 0.25) is 0 Å². The molecule has 0 atom stereocenters. The van der Waals surface area contributed by atoms with E-state index in [1.165, 1.54) is 11.1 Å². The minimum atomic E-state index is 0.0335. The third kappa shape index (κ3) is 2.86. The van der Waals surface area contributed by atoms with Gasteiger partial charge in [-0.05, 0) is 48.7 Å². The zero-order valence-electron chi connectivity index (χ0n) is 15.0. The Labute approximate surface area is 152 Å². The number of fused-ring (bicyclic) bond motifs is 1. The maximum absolute atomic E-state index is 13.0. The average molecular weight is 347 g/mol. The zero-order valence-corrected chi connectivity index (χ0v) is 15.0. The highest BCUT2D eigenvalue weighted by Gasteiger charge is 2.25.